The summed E-state index contributed by atoms with van der Waals surface area (Å²) in [5.74, 6) is 0.443. The van der Waals surface area contributed by atoms with Crippen LogP contribution in [0.3, 0.4) is 0 Å². The summed E-state index contributed by atoms with van der Waals surface area (Å²) in [6, 6.07) is 22.8. The van der Waals surface area contributed by atoms with Gasteiger partial charge in [0.25, 0.3) is 0 Å². The van der Waals surface area contributed by atoms with E-state index < -0.39 is 0 Å². The first-order chi connectivity index (χ1) is 24.8. The zero-order chi connectivity index (χ0) is 35.4. The molecule has 0 radical (unpaired) electrons. The topological polar surface area (TPSA) is 6.48 Å². The number of rotatable bonds is 32. The summed E-state index contributed by atoms with van der Waals surface area (Å²) in [5.41, 5.74) is 2.89. The van der Waals surface area contributed by atoms with E-state index in [0.717, 1.165) is 25.9 Å². The molecule has 0 bridgehead atoms. The van der Waals surface area contributed by atoms with Crippen molar-refractivity contribution in [1.29, 1.82) is 0 Å². The normalized spacial score (nSPS) is 16.5. The summed E-state index contributed by atoms with van der Waals surface area (Å²) in [7, 11) is 0. The molecule has 0 fully saturated rings. The predicted molar refractivity (Wildman–Crippen MR) is 222 cm³/mol. The van der Waals surface area contributed by atoms with Crippen molar-refractivity contribution in [3.8, 4) is 0 Å². The lowest BCUT2D eigenvalue weighted by Gasteiger charge is -2.51. The molecule has 0 saturated carbocycles. The van der Waals surface area contributed by atoms with Gasteiger partial charge < -0.3 is 9.80 Å². The molecule has 1 aliphatic heterocycles. The largest absolute Gasteiger partial charge is 0.353 e. The lowest BCUT2D eigenvalue weighted by atomic mass is 9.78. The van der Waals surface area contributed by atoms with Gasteiger partial charge in [-0.1, -0.05) is 229 Å². The van der Waals surface area contributed by atoms with Gasteiger partial charge in [-0.3, -0.25) is 0 Å². The Hall–Kier alpha value is -2.22. The van der Waals surface area contributed by atoms with Crippen molar-refractivity contribution in [3.63, 3.8) is 0 Å². The van der Waals surface area contributed by atoms with E-state index in [4.69, 9.17) is 0 Å². The van der Waals surface area contributed by atoms with E-state index >= 15 is 0 Å². The van der Waals surface area contributed by atoms with Crippen molar-refractivity contribution in [2.45, 2.75) is 206 Å². The number of hydrogen-bond acceptors (Lipinski definition) is 2. The van der Waals surface area contributed by atoms with E-state index in [1.54, 1.807) is 0 Å². The third kappa shape index (κ3) is 15.6. The van der Waals surface area contributed by atoms with Crippen LogP contribution in [-0.2, 0) is 6.42 Å². The van der Waals surface area contributed by atoms with Crippen molar-refractivity contribution < 1.29 is 0 Å². The third-order valence-electron chi connectivity index (χ3n) is 11.7. The molecule has 2 nitrogen and oxygen atoms in total. The van der Waals surface area contributed by atoms with Gasteiger partial charge in [0.2, 0.25) is 0 Å². The fourth-order valence-electron chi connectivity index (χ4n) is 8.68. The highest BCUT2D eigenvalue weighted by molar-refractivity contribution is 5.30. The number of nitrogens with zero attached hydrogens (tertiary/aromatic N) is 2. The molecule has 2 atom stereocenters. The fraction of sp³-hybridized carbons (Fsp3) is 0.708. The van der Waals surface area contributed by atoms with E-state index in [1.807, 2.05) is 0 Å². The van der Waals surface area contributed by atoms with Crippen molar-refractivity contribution in [2.75, 3.05) is 13.1 Å². The van der Waals surface area contributed by atoms with Gasteiger partial charge in [0.1, 0.15) is 5.66 Å². The molecule has 2 unspecified atom stereocenters. The molecule has 282 valence electrons. The second kappa shape index (κ2) is 27.4. The quantitative estimate of drug-likeness (QED) is 0.0708. The fourth-order valence-corrected chi connectivity index (χ4v) is 8.68. The molecule has 2 aromatic carbocycles. The summed E-state index contributed by atoms with van der Waals surface area (Å²) < 4.78 is 0. The number of hydrogen-bond donors (Lipinski definition) is 0. The zero-order valence-corrected chi connectivity index (χ0v) is 33.4. The Balaban J connectivity index is 1.54. The summed E-state index contributed by atoms with van der Waals surface area (Å²) in [4.78, 5) is 5.58. The molecule has 1 heterocycles. The van der Waals surface area contributed by atoms with Crippen LogP contribution in [0.25, 0.3) is 0 Å². The van der Waals surface area contributed by atoms with Crippen LogP contribution in [-0.4, -0.2) is 28.6 Å². The molecule has 0 aromatic heterocycles. The highest BCUT2D eigenvalue weighted by Crippen LogP contribution is 2.45. The maximum absolute atomic E-state index is 2.79. The van der Waals surface area contributed by atoms with Crippen LogP contribution in [0.2, 0.25) is 0 Å². The average molecular weight is 685 g/mol. The highest BCUT2D eigenvalue weighted by atomic mass is 15.4. The Bertz CT molecular complexity index is 1060. The molecule has 0 aliphatic carbocycles. The third-order valence-corrected chi connectivity index (χ3v) is 11.7. The molecule has 1 aliphatic rings. The van der Waals surface area contributed by atoms with E-state index in [0.29, 0.717) is 5.92 Å². The minimum Gasteiger partial charge on any atom is -0.353 e. The van der Waals surface area contributed by atoms with Crippen LogP contribution in [0.1, 0.15) is 205 Å². The molecule has 0 saturated heterocycles. The Labute approximate surface area is 311 Å². The molecule has 2 heteroatoms. The molecule has 3 rings (SSSR count). The predicted octanol–water partition coefficient (Wildman–Crippen LogP) is 15.0. The summed E-state index contributed by atoms with van der Waals surface area (Å²) >= 11 is 0. The van der Waals surface area contributed by atoms with Crippen molar-refractivity contribution >= 4 is 0 Å². The Kier molecular flexibility index (Phi) is 23.2. The van der Waals surface area contributed by atoms with Crippen LogP contribution in [0.15, 0.2) is 73.1 Å². The Morgan fingerprint density at radius 3 is 1.12 bits per heavy atom. The van der Waals surface area contributed by atoms with Crippen LogP contribution in [0, 0.1) is 0 Å². The van der Waals surface area contributed by atoms with Gasteiger partial charge in [-0.15, -0.1) is 0 Å². The summed E-state index contributed by atoms with van der Waals surface area (Å²) in [6.07, 6.45) is 42.3. The lowest BCUT2D eigenvalue weighted by Crippen LogP contribution is -2.59. The molecule has 0 amide bonds. The molecule has 0 spiro atoms. The smallest absolute Gasteiger partial charge is 0.123 e. The number of unbranched alkanes of at least 4 members (excludes halogenated alkanes) is 23. The number of benzene rings is 2. The first-order valence-corrected chi connectivity index (χ1v) is 22.1. The van der Waals surface area contributed by atoms with Gasteiger partial charge in [0.15, 0.2) is 0 Å². The van der Waals surface area contributed by atoms with Crippen LogP contribution >= 0.6 is 0 Å². The Morgan fingerprint density at radius 2 is 0.760 bits per heavy atom. The molecule has 2 aromatic rings. The first-order valence-electron chi connectivity index (χ1n) is 22.1. The van der Waals surface area contributed by atoms with E-state index in [1.165, 1.54) is 172 Å². The van der Waals surface area contributed by atoms with Crippen molar-refractivity contribution in [3.05, 3.63) is 84.2 Å². The molecule has 50 heavy (non-hydrogen) atoms. The highest BCUT2D eigenvalue weighted by Gasteiger charge is 2.49. The van der Waals surface area contributed by atoms with E-state index in [9.17, 15) is 0 Å². The SMILES string of the molecule is CCCCCCCCCCCCCCCCCN1C=CN(CCCCCCCCCCCC)C1(Cc1ccccc1)C(CC)c1ccccc1. The second-order valence-electron chi connectivity index (χ2n) is 15.7. The van der Waals surface area contributed by atoms with Crippen LogP contribution in [0.5, 0.6) is 0 Å². The Morgan fingerprint density at radius 1 is 0.420 bits per heavy atom. The summed E-state index contributed by atoms with van der Waals surface area (Å²) in [6.45, 7) is 9.35. The first kappa shape index (κ1) is 42.2. The minimum atomic E-state index is -0.0628. The average Bonchev–Trinajstić information content (AvgIpc) is 3.48. The van der Waals surface area contributed by atoms with Gasteiger partial charge >= 0.3 is 0 Å². The monoisotopic (exact) mass is 685 g/mol. The van der Waals surface area contributed by atoms with Crippen molar-refractivity contribution in [2.24, 2.45) is 0 Å². The maximum atomic E-state index is 2.79. The summed E-state index contributed by atoms with van der Waals surface area (Å²) in [5, 5.41) is 0. The molecule has 0 N–H and O–H groups in total. The van der Waals surface area contributed by atoms with Gasteiger partial charge in [-0.25, -0.2) is 0 Å². The van der Waals surface area contributed by atoms with Gasteiger partial charge in [-0.2, -0.15) is 0 Å². The van der Waals surface area contributed by atoms with E-state index in [-0.39, 0.29) is 5.66 Å². The van der Waals surface area contributed by atoms with Gasteiger partial charge in [0, 0.05) is 37.8 Å². The maximum Gasteiger partial charge on any atom is 0.123 e. The van der Waals surface area contributed by atoms with Crippen LogP contribution in [0.4, 0.5) is 0 Å². The minimum absolute atomic E-state index is 0.0628. The molecular weight excluding hydrogens is 605 g/mol. The van der Waals surface area contributed by atoms with Crippen LogP contribution < -0.4 is 0 Å². The lowest BCUT2D eigenvalue weighted by molar-refractivity contribution is -0.00378. The standard InChI is InChI=1S/C48H80N2/c1-4-7-9-11-13-15-17-18-19-20-21-23-25-27-35-41-50-43-42-49(40-34-26-24-22-16-14-12-10-8-5-2)48(50,44-45-36-30-28-31-37-45)47(6-3)46-38-32-29-33-39-46/h28-33,36-39,42-43,47H,4-27,34-35,40-41,44H2,1-3H3. The second-order valence-corrected chi connectivity index (χ2v) is 15.7. The zero-order valence-electron chi connectivity index (χ0n) is 33.4. The van der Waals surface area contributed by atoms with Gasteiger partial charge in [-0.05, 0) is 30.4 Å². The molecular formula is C48H80N2. The van der Waals surface area contributed by atoms with Gasteiger partial charge in [0.05, 0.1) is 0 Å². The van der Waals surface area contributed by atoms with Crippen molar-refractivity contribution in [1.82, 2.24) is 9.80 Å². The van der Waals surface area contributed by atoms with E-state index in [2.05, 4.69) is 104 Å².